The number of hydrogen-bond donors (Lipinski definition) is 2. The number of carbonyl (C=O) groups is 3. The molecule has 106 valence electrons. The van der Waals surface area contributed by atoms with Crippen LogP contribution in [0.5, 0.6) is 0 Å². The lowest BCUT2D eigenvalue weighted by Crippen LogP contribution is -2.54. The maximum atomic E-state index is 12.3. The second-order valence-corrected chi connectivity index (χ2v) is 5.40. The molecule has 2 heterocycles. The molecule has 1 spiro atoms. The fourth-order valence-electron chi connectivity index (χ4n) is 2.58. The number of carboxylic acids is 1. The number of aliphatic carboxylic acids is 1. The number of hydrogen-bond acceptors (Lipinski definition) is 4. The summed E-state index contributed by atoms with van der Waals surface area (Å²) < 4.78 is 5.59. The van der Waals surface area contributed by atoms with Crippen LogP contribution in [0.4, 0.5) is 4.79 Å². The topological polar surface area (TPSA) is 95.9 Å². The first-order valence-corrected chi connectivity index (χ1v) is 6.33. The Bertz CT molecular complexity index is 422. The van der Waals surface area contributed by atoms with Crippen LogP contribution in [0.1, 0.15) is 26.7 Å². The molecule has 2 rings (SSSR count). The molecule has 19 heavy (non-hydrogen) atoms. The van der Waals surface area contributed by atoms with E-state index in [9.17, 15) is 14.4 Å². The van der Waals surface area contributed by atoms with Crippen LogP contribution >= 0.6 is 0 Å². The maximum Gasteiger partial charge on any atom is 0.325 e. The fraction of sp³-hybridized carbons (Fsp3) is 0.750. The van der Waals surface area contributed by atoms with E-state index in [1.165, 1.54) is 0 Å². The van der Waals surface area contributed by atoms with E-state index >= 15 is 0 Å². The van der Waals surface area contributed by atoms with Gasteiger partial charge in [0.1, 0.15) is 12.1 Å². The number of ether oxygens (including phenoxy) is 1. The van der Waals surface area contributed by atoms with Crippen LogP contribution in [-0.2, 0) is 14.3 Å². The van der Waals surface area contributed by atoms with Gasteiger partial charge in [0.15, 0.2) is 0 Å². The number of amides is 3. The molecule has 2 aliphatic heterocycles. The summed E-state index contributed by atoms with van der Waals surface area (Å²) in [4.78, 5) is 35.5. The first-order chi connectivity index (χ1) is 8.85. The predicted molar refractivity (Wildman–Crippen MR) is 64.4 cm³/mol. The highest BCUT2D eigenvalue weighted by Gasteiger charge is 2.54. The van der Waals surface area contributed by atoms with Crippen molar-refractivity contribution in [2.45, 2.75) is 38.3 Å². The Morgan fingerprint density at radius 2 is 2.26 bits per heavy atom. The minimum absolute atomic E-state index is 0.109. The van der Waals surface area contributed by atoms with Crippen LogP contribution in [0.3, 0.4) is 0 Å². The van der Waals surface area contributed by atoms with Gasteiger partial charge in [0, 0.05) is 19.4 Å². The molecule has 7 nitrogen and oxygen atoms in total. The number of nitrogens with zero attached hydrogens (tertiary/aromatic N) is 1. The molecule has 2 atom stereocenters. The van der Waals surface area contributed by atoms with Crippen molar-refractivity contribution in [1.82, 2.24) is 10.2 Å². The molecular formula is C12H18N2O5. The average molecular weight is 270 g/mol. The average Bonchev–Trinajstić information content (AvgIpc) is 2.54. The van der Waals surface area contributed by atoms with E-state index in [1.54, 1.807) is 0 Å². The molecule has 2 aliphatic rings. The van der Waals surface area contributed by atoms with Crippen molar-refractivity contribution < 1.29 is 24.2 Å². The molecule has 2 unspecified atom stereocenters. The molecule has 7 heteroatoms. The van der Waals surface area contributed by atoms with Gasteiger partial charge in [0.2, 0.25) is 0 Å². The molecule has 2 N–H and O–H groups in total. The summed E-state index contributed by atoms with van der Waals surface area (Å²) in [6.45, 7) is 3.76. The van der Waals surface area contributed by atoms with Gasteiger partial charge in [0.25, 0.3) is 5.91 Å². The monoisotopic (exact) mass is 270 g/mol. The third-order valence-corrected chi connectivity index (χ3v) is 3.69. The first-order valence-electron chi connectivity index (χ1n) is 6.33. The molecule has 0 aromatic heterocycles. The summed E-state index contributed by atoms with van der Waals surface area (Å²) in [6.07, 6.45) is 0.671. The molecule has 0 bridgehead atoms. The number of rotatable bonds is 3. The third kappa shape index (κ3) is 2.42. The van der Waals surface area contributed by atoms with E-state index in [0.717, 1.165) is 4.90 Å². The Morgan fingerprint density at radius 1 is 1.58 bits per heavy atom. The van der Waals surface area contributed by atoms with E-state index < -0.39 is 30.0 Å². The van der Waals surface area contributed by atoms with Gasteiger partial charge in [0.05, 0.1) is 6.10 Å². The van der Waals surface area contributed by atoms with Crippen LogP contribution in [0.25, 0.3) is 0 Å². The van der Waals surface area contributed by atoms with Gasteiger partial charge in [-0.3, -0.25) is 14.5 Å². The zero-order valence-electron chi connectivity index (χ0n) is 11.0. The van der Waals surface area contributed by atoms with E-state index in [2.05, 4.69) is 5.32 Å². The normalized spacial score (nSPS) is 31.1. The maximum absolute atomic E-state index is 12.3. The van der Waals surface area contributed by atoms with E-state index in [0.29, 0.717) is 19.4 Å². The Hall–Kier alpha value is -1.63. The smallest absolute Gasteiger partial charge is 0.325 e. The van der Waals surface area contributed by atoms with Crippen molar-refractivity contribution >= 4 is 17.9 Å². The van der Waals surface area contributed by atoms with Crippen molar-refractivity contribution in [3.8, 4) is 0 Å². The highest BCUT2D eigenvalue weighted by atomic mass is 16.5. The highest BCUT2D eigenvalue weighted by molar-refractivity contribution is 6.08. The molecule has 0 radical (unpaired) electrons. The first kappa shape index (κ1) is 13.8. The van der Waals surface area contributed by atoms with E-state index in [4.69, 9.17) is 9.84 Å². The lowest BCUT2D eigenvalue weighted by Gasteiger charge is -2.37. The lowest BCUT2D eigenvalue weighted by molar-refractivity contribution is -0.145. The molecule has 0 aromatic rings. The van der Waals surface area contributed by atoms with Crippen LogP contribution in [0.15, 0.2) is 0 Å². The van der Waals surface area contributed by atoms with Crippen LogP contribution in [0, 0.1) is 5.92 Å². The van der Waals surface area contributed by atoms with Crippen LogP contribution in [0.2, 0.25) is 0 Å². The number of nitrogens with one attached hydrogen (secondary N) is 1. The van der Waals surface area contributed by atoms with Gasteiger partial charge >= 0.3 is 12.0 Å². The summed E-state index contributed by atoms with van der Waals surface area (Å²) in [5.74, 6) is -1.42. The summed E-state index contributed by atoms with van der Waals surface area (Å²) in [7, 11) is 0. The largest absolute Gasteiger partial charge is 0.480 e. The number of imide groups is 1. The van der Waals surface area contributed by atoms with Crippen molar-refractivity contribution in [3.63, 3.8) is 0 Å². The minimum atomic E-state index is -1.20. The zero-order chi connectivity index (χ0) is 14.2. The molecule has 0 aromatic carbocycles. The zero-order valence-corrected chi connectivity index (χ0v) is 11.0. The van der Waals surface area contributed by atoms with Crippen LogP contribution in [-0.4, -0.2) is 52.7 Å². The Balaban J connectivity index is 2.18. The van der Waals surface area contributed by atoms with Crippen molar-refractivity contribution in [2.24, 2.45) is 5.92 Å². The van der Waals surface area contributed by atoms with Crippen molar-refractivity contribution in [3.05, 3.63) is 0 Å². The molecule has 2 fully saturated rings. The molecule has 0 aliphatic carbocycles. The lowest BCUT2D eigenvalue weighted by atomic mass is 9.83. The standard InChI is InChI=1S/C12H18N2O5/c1-7(2)8-5-12(3-4-19-8)10(17)14(6-9(15)16)11(18)13-12/h7-8H,3-6H2,1-2H3,(H,13,18)(H,15,16). The number of carbonyl (C=O) groups excluding carboxylic acids is 2. The summed E-state index contributed by atoms with van der Waals surface area (Å²) in [5.41, 5.74) is -0.986. The number of urea groups is 1. The fourth-order valence-corrected chi connectivity index (χ4v) is 2.58. The van der Waals surface area contributed by atoms with E-state index in [-0.39, 0.29) is 12.0 Å². The Kier molecular flexibility index (Phi) is 3.49. The summed E-state index contributed by atoms with van der Waals surface area (Å²) >= 11 is 0. The summed E-state index contributed by atoms with van der Waals surface area (Å²) in [5, 5.41) is 11.4. The quantitative estimate of drug-likeness (QED) is 0.714. The summed E-state index contributed by atoms with van der Waals surface area (Å²) in [6, 6.07) is -0.628. The second kappa shape index (κ2) is 4.80. The van der Waals surface area contributed by atoms with Gasteiger partial charge < -0.3 is 15.2 Å². The minimum Gasteiger partial charge on any atom is -0.480 e. The highest BCUT2D eigenvalue weighted by Crippen LogP contribution is 2.33. The molecule has 3 amide bonds. The van der Waals surface area contributed by atoms with Crippen molar-refractivity contribution in [1.29, 1.82) is 0 Å². The van der Waals surface area contributed by atoms with Gasteiger partial charge in [-0.05, 0) is 5.92 Å². The second-order valence-electron chi connectivity index (χ2n) is 5.40. The molecule has 2 saturated heterocycles. The van der Waals surface area contributed by atoms with Gasteiger partial charge in [-0.2, -0.15) is 0 Å². The van der Waals surface area contributed by atoms with Gasteiger partial charge in [-0.15, -0.1) is 0 Å². The van der Waals surface area contributed by atoms with Crippen LogP contribution < -0.4 is 5.32 Å². The number of carboxylic acid groups (broad SMARTS) is 1. The van der Waals surface area contributed by atoms with Gasteiger partial charge in [-0.25, -0.2) is 4.79 Å². The SMILES string of the molecule is CC(C)C1CC2(CCO1)NC(=O)N(CC(=O)O)C2=O. The third-order valence-electron chi connectivity index (χ3n) is 3.69. The van der Waals surface area contributed by atoms with E-state index in [1.807, 2.05) is 13.8 Å². The van der Waals surface area contributed by atoms with Gasteiger partial charge in [-0.1, -0.05) is 13.8 Å². The Labute approximate surface area is 110 Å². The van der Waals surface area contributed by atoms with Crippen molar-refractivity contribution in [2.75, 3.05) is 13.2 Å². The predicted octanol–water partition coefficient (Wildman–Crippen LogP) is 0.197. The molecular weight excluding hydrogens is 252 g/mol. The Morgan fingerprint density at radius 3 is 2.84 bits per heavy atom. The molecule has 0 saturated carbocycles.